The normalized spacial score (nSPS) is 11.6. The smallest absolute Gasteiger partial charge is 0.315 e. The number of carbonyl (C=O) groups is 2. The van der Waals surface area contributed by atoms with Gasteiger partial charge in [-0.25, -0.2) is 4.79 Å². The van der Waals surface area contributed by atoms with E-state index in [-0.39, 0.29) is 18.5 Å². The van der Waals surface area contributed by atoms with Gasteiger partial charge in [0.15, 0.2) is 0 Å². The largest absolute Gasteiger partial charge is 0.481 e. The number of nitrogens with one attached hydrogen (secondary N) is 2. The lowest BCUT2D eigenvalue weighted by Crippen LogP contribution is -2.42. The summed E-state index contributed by atoms with van der Waals surface area (Å²) in [6.07, 6.45) is 3.86. The van der Waals surface area contributed by atoms with Crippen molar-refractivity contribution >= 4 is 12.0 Å². The third-order valence-corrected chi connectivity index (χ3v) is 2.13. The third kappa shape index (κ3) is 7.84. The third-order valence-electron chi connectivity index (χ3n) is 2.13. The zero-order chi connectivity index (χ0) is 12.4. The molecule has 0 aliphatic rings. The van der Waals surface area contributed by atoms with E-state index in [1.54, 1.807) is 6.08 Å². The number of amides is 2. The number of aliphatic carboxylic acids is 1. The molecular formula is C11H20N2O3. The summed E-state index contributed by atoms with van der Waals surface area (Å²) >= 11 is 0. The minimum absolute atomic E-state index is 0.0736. The summed E-state index contributed by atoms with van der Waals surface area (Å²) in [6, 6.07) is -0.156. The number of hydrogen-bond acceptors (Lipinski definition) is 2. The summed E-state index contributed by atoms with van der Waals surface area (Å²) in [6.45, 7) is 5.98. The van der Waals surface area contributed by atoms with Crippen molar-refractivity contribution in [3.05, 3.63) is 12.7 Å². The molecule has 0 aliphatic carbocycles. The maximum Gasteiger partial charge on any atom is 0.315 e. The second kappa shape index (κ2) is 8.76. The molecule has 1 unspecified atom stereocenters. The molecular weight excluding hydrogens is 208 g/mol. The van der Waals surface area contributed by atoms with Gasteiger partial charge in [-0.1, -0.05) is 13.0 Å². The molecule has 0 spiro atoms. The summed E-state index contributed by atoms with van der Waals surface area (Å²) in [5.41, 5.74) is 0. The molecule has 3 N–H and O–H groups in total. The quantitative estimate of drug-likeness (QED) is 0.435. The van der Waals surface area contributed by atoms with Crippen molar-refractivity contribution in [1.29, 1.82) is 0 Å². The van der Waals surface area contributed by atoms with E-state index in [2.05, 4.69) is 17.2 Å². The maximum atomic E-state index is 11.3. The first-order valence-corrected chi connectivity index (χ1v) is 5.47. The van der Waals surface area contributed by atoms with Crippen LogP contribution in [0, 0.1) is 0 Å². The van der Waals surface area contributed by atoms with Gasteiger partial charge in [0.2, 0.25) is 0 Å². The summed E-state index contributed by atoms with van der Waals surface area (Å²) in [5.74, 6) is -0.847. The molecule has 0 aromatic heterocycles. The van der Waals surface area contributed by atoms with Gasteiger partial charge in [0.25, 0.3) is 0 Å². The molecule has 0 fully saturated rings. The molecule has 0 heterocycles. The van der Waals surface area contributed by atoms with Gasteiger partial charge in [0.1, 0.15) is 0 Å². The summed E-state index contributed by atoms with van der Waals surface area (Å²) in [5, 5.41) is 13.8. The second-order valence-corrected chi connectivity index (χ2v) is 3.53. The van der Waals surface area contributed by atoms with Crippen LogP contribution in [0.4, 0.5) is 4.79 Å². The van der Waals surface area contributed by atoms with Crippen molar-refractivity contribution in [2.75, 3.05) is 6.54 Å². The van der Waals surface area contributed by atoms with Gasteiger partial charge in [-0.15, -0.1) is 6.58 Å². The van der Waals surface area contributed by atoms with E-state index in [0.717, 1.165) is 12.8 Å². The number of rotatable bonds is 8. The summed E-state index contributed by atoms with van der Waals surface area (Å²) in [4.78, 5) is 21.5. The topological polar surface area (TPSA) is 78.4 Å². The molecule has 0 aromatic rings. The van der Waals surface area contributed by atoms with Crippen LogP contribution >= 0.6 is 0 Å². The van der Waals surface area contributed by atoms with Crippen molar-refractivity contribution in [3.8, 4) is 0 Å². The van der Waals surface area contributed by atoms with Gasteiger partial charge in [-0.05, 0) is 19.3 Å². The Morgan fingerprint density at radius 1 is 1.50 bits per heavy atom. The lowest BCUT2D eigenvalue weighted by atomic mass is 10.1. The fourth-order valence-corrected chi connectivity index (χ4v) is 1.21. The highest BCUT2D eigenvalue weighted by atomic mass is 16.4. The number of carboxylic acid groups (broad SMARTS) is 1. The van der Waals surface area contributed by atoms with E-state index in [1.165, 1.54) is 0 Å². The van der Waals surface area contributed by atoms with Crippen LogP contribution < -0.4 is 10.6 Å². The molecule has 0 bridgehead atoms. The molecule has 2 amide bonds. The number of carbonyl (C=O) groups excluding carboxylic acids is 1. The monoisotopic (exact) mass is 228 g/mol. The Bertz CT molecular complexity index is 241. The second-order valence-electron chi connectivity index (χ2n) is 3.53. The highest BCUT2D eigenvalue weighted by Crippen LogP contribution is 1.97. The fraction of sp³-hybridized carbons (Fsp3) is 0.636. The van der Waals surface area contributed by atoms with Crippen LogP contribution in [0.1, 0.15) is 32.6 Å². The van der Waals surface area contributed by atoms with Gasteiger partial charge in [0.05, 0.1) is 0 Å². The number of hydrogen-bond donors (Lipinski definition) is 3. The average molecular weight is 228 g/mol. The van der Waals surface area contributed by atoms with E-state index in [4.69, 9.17) is 5.11 Å². The Labute approximate surface area is 95.9 Å². The Morgan fingerprint density at radius 3 is 2.69 bits per heavy atom. The first-order valence-electron chi connectivity index (χ1n) is 5.47. The SMILES string of the molecule is C=CCC(CC)NC(=O)NCCCC(=O)O. The molecule has 1 atom stereocenters. The van der Waals surface area contributed by atoms with Gasteiger partial charge in [-0.2, -0.15) is 0 Å². The first-order chi connectivity index (χ1) is 7.60. The van der Waals surface area contributed by atoms with Gasteiger partial charge >= 0.3 is 12.0 Å². The Hall–Kier alpha value is -1.52. The fourth-order valence-electron chi connectivity index (χ4n) is 1.21. The van der Waals surface area contributed by atoms with Crippen molar-refractivity contribution < 1.29 is 14.7 Å². The zero-order valence-corrected chi connectivity index (χ0v) is 9.66. The Kier molecular flexibility index (Phi) is 7.93. The van der Waals surface area contributed by atoms with E-state index >= 15 is 0 Å². The lowest BCUT2D eigenvalue weighted by molar-refractivity contribution is -0.137. The van der Waals surface area contributed by atoms with Gasteiger partial charge in [0, 0.05) is 19.0 Å². The minimum atomic E-state index is -0.847. The first kappa shape index (κ1) is 14.5. The van der Waals surface area contributed by atoms with E-state index in [1.807, 2.05) is 6.92 Å². The molecule has 0 saturated heterocycles. The van der Waals surface area contributed by atoms with Crippen molar-refractivity contribution in [2.45, 2.75) is 38.6 Å². The van der Waals surface area contributed by atoms with Gasteiger partial charge in [-0.3, -0.25) is 4.79 Å². The van der Waals surface area contributed by atoms with Crippen LogP contribution in [0.15, 0.2) is 12.7 Å². The van der Waals surface area contributed by atoms with Crippen LogP contribution in [0.2, 0.25) is 0 Å². The summed E-state index contributed by atoms with van der Waals surface area (Å²) < 4.78 is 0. The van der Waals surface area contributed by atoms with Crippen molar-refractivity contribution in [3.63, 3.8) is 0 Å². The predicted molar refractivity (Wildman–Crippen MR) is 62.3 cm³/mol. The van der Waals surface area contributed by atoms with Crippen LogP contribution in [0.3, 0.4) is 0 Å². The van der Waals surface area contributed by atoms with E-state index < -0.39 is 5.97 Å². The van der Waals surface area contributed by atoms with Crippen LogP contribution in [0.5, 0.6) is 0 Å². The lowest BCUT2D eigenvalue weighted by Gasteiger charge is -2.15. The average Bonchev–Trinajstić information content (AvgIpc) is 2.23. The molecule has 0 saturated carbocycles. The molecule has 0 rings (SSSR count). The molecule has 5 nitrogen and oxygen atoms in total. The Balaban J connectivity index is 3.63. The molecule has 16 heavy (non-hydrogen) atoms. The summed E-state index contributed by atoms with van der Waals surface area (Å²) in [7, 11) is 0. The molecule has 5 heteroatoms. The highest BCUT2D eigenvalue weighted by molar-refractivity contribution is 5.74. The number of carboxylic acids is 1. The predicted octanol–water partition coefficient (Wildman–Crippen LogP) is 1.51. The molecule has 0 aliphatic heterocycles. The zero-order valence-electron chi connectivity index (χ0n) is 9.66. The van der Waals surface area contributed by atoms with Crippen LogP contribution in [-0.2, 0) is 4.79 Å². The van der Waals surface area contributed by atoms with Crippen LogP contribution in [-0.4, -0.2) is 29.7 Å². The van der Waals surface area contributed by atoms with Crippen molar-refractivity contribution in [2.24, 2.45) is 0 Å². The minimum Gasteiger partial charge on any atom is -0.481 e. The van der Waals surface area contributed by atoms with E-state index in [9.17, 15) is 9.59 Å². The Morgan fingerprint density at radius 2 is 2.19 bits per heavy atom. The van der Waals surface area contributed by atoms with Crippen LogP contribution in [0.25, 0.3) is 0 Å². The molecule has 0 radical (unpaired) electrons. The molecule has 92 valence electrons. The van der Waals surface area contributed by atoms with E-state index in [0.29, 0.717) is 13.0 Å². The molecule has 0 aromatic carbocycles. The maximum absolute atomic E-state index is 11.3. The highest BCUT2D eigenvalue weighted by Gasteiger charge is 2.07. The number of urea groups is 1. The van der Waals surface area contributed by atoms with Crippen molar-refractivity contribution in [1.82, 2.24) is 10.6 Å². The van der Waals surface area contributed by atoms with Gasteiger partial charge < -0.3 is 15.7 Å². The standard InChI is InChI=1S/C11H20N2O3/c1-3-6-9(4-2)13-11(16)12-8-5-7-10(14)15/h3,9H,1,4-8H2,2H3,(H,14,15)(H2,12,13,16).